The number of rotatable bonds is 7. The molecule has 0 saturated heterocycles. The number of carboxylic acid groups (broad SMARTS) is 1. The first-order valence-corrected chi connectivity index (χ1v) is 13.4. The van der Waals surface area contributed by atoms with Gasteiger partial charge in [-0.1, -0.05) is 39.0 Å². The van der Waals surface area contributed by atoms with Gasteiger partial charge in [-0.25, -0.2) is 4.79 Å². The van der Waals surface area contributed by atoms with E-state index in [0.29, 0.717) is 17.2 Å². The molecule has 3 N–H and O–H groups in total. The maximum Gasteiger partial charge on any atom is 0.331 e. The van der Waals surface area contributed by atoms with Gasteiger partial charge in [0.25, 0.3) is 0 Å². The molecule has 0 aliphatic carbocycles. The molecular formula is C24H31NO5S2. The highest BCUT2D eigenvalue weighted by Gasteiger charge is 2.44. The average molecular weight is 478 g/mol. The molecule has 6 nitrogen and oxygen atoms in total. The summed E-state index contributed by atoms with van der Waals surface area (Å²) < 4.78 is 28.4. The molecule has 0 bridgehead atoms. The van der Waals surface area contributed by atoms with E-state index in [1.165, 1.54) is 11.8 Å². The van der Waals surface area contributed by atoms with Gasteiger partial charge in [-0.15, -0.1) is 11.8 Å². The Morgan fingerprint density at radius 1 is 1.28 bits per heavy atom. The minimum Gasteiger partial charge on any atom is -0.478 e. The van der Waals surface area contributed by atoms with E-state index in [-0.39, 0.29) is 17.1 Å². The number of hydrogen-bond donors (Lipinski definition) is 3. The van der Waals surface area contributed by atoms with Gasteiger partial charge in [0, 0.05) is 23.7 Å². The fourth-order valence-corrected chi connectivity index (χ4v) is 7.08. The number of para-hydroxylation sites is 1. The number of carbonyl (C=O) groups is 1. The number of fused-ring (bicyclic) bond motifs is 1. The van der Waals surface area contributed by atoms with Crippen LogP contribution in [0.25, 0.3) is 0 Å². The molecule has 0 amide bonds. The minimum atomic E-state index is -3.14. The Hall–Kier alpha value is -2.13. The van der Waals surface area contributed by atoms with E-state index in [0.717, 1.165) is 35.0 Å². The van der Waals surface area contributed by atoms with Gasteiger partial charge in [-0.2, -0.15) is 10.6 Å². The lowest BCUT2D eigenvalue weighted by Gasteiger charge is -2.43. The van der Waals surface area contributed by atoms with Crippen molar-refractivity contribution in [2.75, 3.05) is 23.5 Å². The number of thioether (sulfide) groups is 1. The molecule has 3 rings (SSSR count). The molecule has 32 heavy (non-hydrogen) atoms. The topological polar surface area (TPSA) is 90.2 Å². The number of nitrogens with zero attached hydrogens (tertiary/aromatic N) is 1. The van der Waals surface area contributed by atoms with Crippen molar-refractivity contribution < 1.29 is 23.7 Å². The van der Waals surface area contributed by atoms with E-state index >= 15 is 0 Å². The first-order valence-electron chi connectivity index (χ1n) is 10.5. The van der Waals surface area contributed by atoms with Crippen LogP contribution in [0.1, 0.15) is 27.2 Å². The number of hydrogen-bond acceptors (Lipinski definition) is 6. The second-order valence-electron chi connectivity index (χ2n) is 8.33. The van der Waals surface area contributed by atoms with Gasteiger partial charge in [-0.3, -0.25) is 9.11 Å². The third kappa shape index (κ3) is 4.93. The summed E-state index contributed by atoms with van der Waals surface area (Å²) in [5.41, 5.74) is 1.42. The standard InChI is InChI=1S/C24H31NO5S2/c1-5-24(17(2)3)15-25(18-9-7-6-8-10-18)19-13-21(31-4)20(30-12-11-23(26)27)14-22(19)32(28,29)16-24/h6-14,17,28-29H,5,15-16H2,1-4H3,(H,26,27)/b12-11+. The lowest BCUT2D eigenvalue weighted by atomic mass is 9.76. The van der Waals surface area contributed by atoms with Crippen molar-refractivity contribution in [1.29, 1.82) is 0 Å². The number of aliphatic carboxylic acids is 1. The Balaban J connectivity index is 2.24. The molecule has 0 fully saturated rings. The van der Waals surface area contributed by atoms with Crippen LogP contribution >= 0.6 is 22.4 Å². The van der Waals surface area contributed by atoms with Crippen molar-refractivity contribution in [2.24, 2.45) is 11.3 Å². The molecule has 2 aromatic rings. The molecule has 174 valence electrons. The van der Waals surface area contributed by atoms with Crippen LogP contribution in [-0.2, 0) is 4.79 Å². The van der Waals surface area contributed by atoms with Gasteiger partial charge >= 0.3 is 5.97 Å². The number of benzene rings is 2. The molecule has 1 aliphatic heterocycles. The summed E-state index contributed by atoms with van der Waals surface area (Å²) in [7, 11) is -3.14. The predicted octanol–water partition coefficient (Wildman–Crippen LogP) is 6.70. The van der Waals surface area contributed by atoms with Gasteiger partial charge in [-0.05, 0) is 36.8 Å². The Labute approximate surface area is 195 Å². The Morgan fingerprint density at radius 3 is 2.53 bits per heavy atom. The maximum atomic E-state index is 11.4. The maximum absolute atomic E-state index is 11.4. The quantitative estimate of drug-likeness (QED) is 0.232. The van der Waals surface area contributed by atoms with Crippen LogP contribution < -0.4 is 9.64 Å². The van der Waals surface area contributed by atoms with E-state index in [2.05, 4.69) is 25.7 Å². The van der Waals surface area contributed by atoms with E-state index in [1.54, 1.807) is 6.07 Å². The fourth-order valence-electron chi connectivity index (χ4n) is 4.15. The van der Waals surface area contributed by atoms with Gasteiger partial charge in [0.05, 0.1) is 33.6 Å². The average Bonchev–Trinajstić information content (AvgIpc) is 2.86. The first-order chi connectivity index (χ1) is 15.1. The predicted molar refractivity (Wildman–Crippen MR) is 133 cm³/mol. The summed E-state index contributed by atoms with van der Waals surface area (Å²) in [6.45, 7) is 7.03. The summed E-state index contributed by atoms with van der Waals surface area (Å²) in [5, 5.41) is 8.87. The lowest BCUT2D eigenvalue weighted by Crippen LogP contribution is -2.41. The minimum absolute atomic E-state index is 0.230. The Morgan fingerprint density at radius 2 is 1.97 bits per heavy atom. The van der Waals surface area contributed by atoms with Crippen LogP contribution in [0, 0.1) is 11.3 Å². The normalized spacial score (nSPS) is 21.3. The number of ether oxygens (including phenoxy) is 1. The zero-order valence-corrected chi connectivity index (χ0v) is 20.4. The number of carboxylic acids is 1. The summed E-state index contributed by atoms with van der Waals surface area (Å²) in [4.78, 5) is 14.2. The van der Waals surface area contributed by atoms with E-state index in [1.807, 2.05) is 42.7 Å². The number of anilines is 2. The molecule has 1 aliphatic rings. The van der Waals surface area contributed by atoms with Crippen LogP contribution in [0.4, 0.5) is 11.4 Å². The molecule has 8 heteroatoms. The van der Waals surface area contributed by atoms with E-state index < -0.39 is 16.6 Å². The molecule has 0 aromatic heterocycles. The SMILES string of the molecule is CCC1(C(C)C)CN(c2ccccc2)c2cc(SC)c(O/C=C/C(=O)O)cc2S(O)(O)C1. The van der Waals surface area contributed by atoms with Crippen molar-refractivity contribution in [1.82, 2.24) is 0 Å². The molecular weight excluding hydrogens is 446 g/mol. The zero-order chi connectivity index (χ0) is 23.5. The molecule has 0 saturated carbocycles. The highest BCUT2D eigenvalue weighted by Crippen LogP contribution is 2.62. The van der Waals surface area contributed by atoms with Crippen LogP contribution in [-0.4, -0.2) is 38.7 Å². The molecule has 2 aromatic carbocycles. The first kappa shape index (κ1) is 24.5. The third-order valence-corrected chi connectivity index (χ3v) is 9.02. The molecule has 0 radical (unpaired) electrons. The monoisotopic (exact) mass is 477 g/mol. The van der Waals surface area contributed by atoms with Crippen molar-refractivity contribution in [3.63, 3.8) is 0 Å². The largest absolute Gasteiger partial charge is 0.478 e. The van der Waals surface area contributed by atoms with Crippen LogP contribution in [0.5, 0.6) is 5.75 Å². The highest BCUT2D eigenvalue weighted by atomic mass is 32.3. The second kappa shape index (κ2) is 9.79. The van der Waals surface area contributed by atoms with E-state index in [9.17, 15) is 13.9 Å². The molecule has 0 spiro atoms. The fraction of sp³-hybridized carbons (Fsp3) is 0.375. The summed E-state index contributed by atoms with van der Waals surface area (Å²) in [6, 6.07) is 13.5. The van der Waals surface area contributed by atoms with Crippen molar-refractivity contribution >= 4 is 39.7 Å². The zero-order valence-electron chi connectivity index (χ0n) is 18.8. The molecule has 1 unspecified atom stereocenters. The van der Waals surface area contributed by atoms with Crippen molar-refractivity contribution in [3.05, 3.63) is 54.8 Å². The van der Waals surface area contributed by atoms with Gasteiger partial charge in [0.1, 0.15) is 5.75 Å². The van der Waals surface area contributed by atoms with Gasteiger partial charge in [0.2, 0.25) is 0 Å². The van der Waals surface area contributed by atoms with Gasteiger partial charge < -0.3 is 14.7 Å². The van der Waals surface area contributed by atoms with Gasteiger partial charge in [0.15, 0.2) is 0 Å². The van der Waals surface area contributed by atoms with Crippen LogP contribution in [0.15, 0.2) is 64.6 Å². The summed E-state index contributed by atoms with van der Waals surface area (Å²) >= 11 is 1.46. The Bertz CT molecular complexity index is 993. The Kier molecular flexibility index (Phi) is 7.50. The van der Waals surface area contributed by atoms with Crippen LogP contribution in [0.3, 0.4) is 0 Å². The molecule has 1 heterocycles. The van der Waals surface area contributed by atoms with E-state index in [4.69, 9.17) is 9.84 Å². The van der Waals surface area contributed by atoms with Crippen molar-refractivity contribution in [3.8, 4) is 5.75 Å². The highest BCUT2D eigenvalue weighted by molar-refractivity contribution is 8.24. The summed E-state index contributed by atoms with van der Waals surface area (Å²) in [5.74, 6) is -0.230. The van der Waals surface area contributed by atoms with Crippen molar-refractivity contribution in [2.45, 2.75) is 37.0 Å². The lowest BCUT2D eigenvalue weighted by molar-refractivity contribution is -0.131. The molecule has 1 atom stereocenters. The smallest absolute Gasteiger partial charge is 0.331 e. The second-order valence-corrected chi connectivity index (χ2v) is 11.2. The summed E-state index contributed by atoms with van der Waals surface area (Å²) in [6.07, 6.45) is 4.72. The van der Waals surface area contributed by atoms with Crippen LogP contribution in [0.2, 0.25) is 0 Å². The third-order valence-electron chi connectivity index (χ3n) is 6.25.